The summed E-state index contributed by atoms with van der Waals surface area (Å²) >= 11 is 1.37. The quantitative estimate of drug-likeness (QED) is 0.234. The van der Waals surface area contributed by atoms with E-state index >= 15 is 0 Å². The summed E-state index contributed by atoms with van der Waals surface area (Å²) in [7, 11) is 2.78. The van der Waals surface area contributed by atoms with Crippen LogP contribution in [0.3, 0.4) is 0 Å². The predicted octanol–water partition coefficient (Wildman–Crippen LogP) is 5.56. The van der Waals surface area contributed by atoms with Crippen LogP contribution in [0.25, 0.3) is 31.8 Å². The fourth-order valence-electron chi connectivity index (χ4n) is 3.94. The van der Waals surface area contributed by atoms with Gasteiger partial charge in [0.05, 0.1) is 53.6 Å². The Morgan fingerprint density at radius 2 is 1.88 bits per heavy atom. The zero-order valence-electron chi connectivity index (χ0n) is 22.4. The molecule has 1 amide bonds. The minimum absolute atomic E-state index is 0.00503. The van der Waals surface area contributed by atoms with Gasteiger partial charge < -0.3 is 18.9 Å². The number of fused-ring (bicyclic) bond motifs is 2. The Bertz CT molecular complexity index is 1760. The van der Waals surface area contributed by atoms with Crippen LogP contribution in [0.4, 0.5) is 14.9 Å². The van der Waals surface area contributed by atoms with Crippen molar-refractivity contribution in [3.05, 3.63) is 65.9 Å². The van der Waals surface area contributed by atoms with Gasteiger partial charge in [-0.3, -0.25) is 5.32 Å². The summed E-state index contributed by atoms with van der Waals surface area (Å²) in [6.07, 6.45) is 1.42. The van der Waals surface area contributed by atoms with Crippen LogP contribution in [0.1, 0.15) is 23.0 Å². The van der Waals surface area contributed by atoms with Gasteiger partial charge in [-0.1, -0.05) is 0 Å². The van der Waals surface area contributed by atoms with Crippen LogP contribution in [-0.4, -0.2) is 58.9 Å². The number of hydrogen-bond donors (Lipinski definition) is 1. The Hall–Kier alpha value is -4.91. The van der Waals surface area contributed by atoms with E-state index in [2.05, 4.69) is 30.0 Å². The molecule has 5 aromatic rings. The fraction of sp³-hybridized carbons (Fsp3) is 0.214. The van der Waals surface area contributed by atoms with Crippen LogP contribution >= 0.6 is 11.3 Å². The third-order valence-electron chi connectivity index (χ3n) is 5.83. The van der Waals surface area contributed by atoms with Crippen molar-refractivity contribution in [2.24, 2.45) is 0 Å². The van der Waals surface area contributed by atoms with Crippen molar-refractivity contribution < 1.29 is 32.9 Å². The predicted molar refractivity (Wildman–Crippen MR) is 150 cm³/mol. The minimum atomic E-state index is -0.762. The van der Waals surface area contributed by atoms with Gasteiger partial charge in [0.25, 0.3) is 0 Å². The van der Waals surface area contributed by atoms with Crippen LogP contribution in [0.2, 0.25) is 0 Å². The van der Waals surface area contributed by atoms with Crippen molar-refractivity contribution >= 4 is 50.3 Å². The third kappa shape index (κ3) is 6.14. The molecule has 11 nitrogen and oxygen atoms in total. The van der Waals surface area contributed by atoms with E-state index in [0.717, 1.165) is 11.1 Å². The molecule has 1 atom stereocenters. The van der Waals surface area contributed by atoms with E-state index in [9.17, 15) is 14.0 Å². The molecule has 41 heavy (non-hydrogen) atoms. The number of ether oxygens (including phenoxy) is 4. The van der Waals surface area contributed by atoms with Gasteiger partial charge in [-0.25, -0.2) is 33.9 Å². The largest absolute Gasteiger partial charge is 0.484 e. The van der Waals surface area contributed by atoms with Gasteiger partial charge >= 0.3 is 12.1 Å². The highest BCUT2D eigenvalue weighted by molar-refractivity contribution is 7.21. The number of anilines is 1. The summed E-state index contributed by atoms with van der Waals surface area (Å²) in [5.74, 6) is -0.778. The van der Waals surface area contributed by atoms with Gasteiger partial charge in [-0.15, -0.1) is 11.3 Å². The Labute approximate surface area is 237 Å². The zero-order valence-corrected chi connectivity index (χ0v) is 23.2. The molecule has 13 heteroatoms. The summed E-state index contributed by atoms with van der Waals surface area (Å²) in [5.41, 5.74) is 3.97. The SMILES string of the molecule is COC(=O)c1ccc(NC(=O)OC[C@H](C)Oc2cc3sc(-c4cc(C)cc5nc(OC)cnc45)nc3cc2F)cn1. The molecule has 1 N–H and O–H groups in total. The normalized spacial score (nSPS) is 11.7. The number of amides is 1. The minimum Gasteiger partial charge on any atom is -0.484 e. The molecule has 0 saturated carbocycles. The highest BCUT2D eigenvalue weighted by Crippen LogP contribution is 2.37. The molecule has 2 aromatic carbocycles. The van der Waals surface area contributed by atoms with Crippen molar-refractivity contribution in [2.75, 3.05) is 26.1 Å². The summed E-state index contributed by atoms with van der Waals surface area (Å²) in [6.45, 7) is 3.44. The fourth-order valence-corrected chi connectivity index (χ4v) is 4.93. The van der Waals surface area contributed by atoms with E-state index < -0.39 is 24.0 Å². The number of hydrogen-bond acceptors (Lipinski definition) is 11. The molecule has 5 rings (SSSR count). The second-order valence-electron chi connectivity index (χ2n) is 8.94. The second-order valence-corrected chi connectivity index (χ2v) is 9.97. The first kappa shape index (κ1) is 27.6. The molecule has 0 radical (unpaired) electrons. The summed E-state index contributed by atoms with van der Waals surface area (Å²) < 4.78 is 36.4. The standard InChI is InChI=1S/C28H24FN5O6S/c1-14-7-17(25-21(8-14)33-24(37-3)12-31-25)26-34-20-9-18(29)22(10-23(20)41-26)40-15(2)13-39-28(36)32-16-5-6-19(30-11-16)27(35)38-4/h5-12,15H,13H2,1-4H3,(H,32,36)/t15-/m0/s1. The van der Waals surface area contributed by atoms with Crippen molar-refractivity contribution in [3.63, 3.8) is 0 Å². The number of pyridine rings is 1. The maximum absolute atomic E-state index is 14.9. The monoisotopic (exact) mass is 577 g/mol. The number of esters is 1. The molecule has 3 heterocycles. The van der Waals surface area contributed by atoms with Gasteiger partial charge in [0.2, 0.25) is 5.88 Å². The number of halogens is 1. The number of thiazole rings is 1. The second kappa shape index (κ2) is 11.7. The third-order valence-corrected chi connectivity index (χ3v) is 6.88. The van der Waals surface area contributed by atoms with Gasteiger partial charge in [-0.2, -0.15) is 0 Å². The Kier molecular flexibility index (Phi) is 7.88. The van der Waals surface area contributed by atoms with Crippen LogP contribution in [0.15, 0.2) is 48.8 Å². The molecule has 0 spiro atoms. The first-order chi connectivity index (χ1) is 19.7. The van der Waals surface area contributed by atoms with Crippen LogP contribution < -0.4 is 14.8 Å². The molecular weight excluding hydrogens is 553 g/mol. The number of carbonyl (C=O) groups is 2. The van der Waals surface area contributed by atoms with Crippen LogP contribution in [0.5, 0.6) is 11.6 Å². The zero-order chi connectivity index (χ0) is 29.1. The van der Waals surface area contributed by atoms with Crippen molar-refractivity contribution in [3.8, 4) is 22.2 Å². The lowest BCUT2D eigenvalue weighted by molar-refractivity contribution is 0.0594. The lowest BCUT2D eigenvalue weighted by Crippen LogP contribution is -2.24. The first-order valence-electron chi connectivity index (χ1n) is 12.3. The number of carbonyl (C=O) groups excluding carboxylic acids is 2. The average molecular weight is 578 g/mol. The van der Waals surface area contributed by atoms with Crippen molar-refractivity contribution in [2.45, 2.75) is 20.0 Å². The van der Waals surface area contributed by atoms with E-state index in [1.54, 1.807) is 19.2 Å². The maximum atomic E-state index is 14.9. The topological polar surface area (TPSA) is 135 Å². The van der Waals surface area contributed by atoms with Gasteiger partial charge in [0, 0.05) is 17.7 Å². The maximum Gasteiger partial charge on any atom is 0.411 e. The van der Waals surface area contributed by atoms with Gasteiger partial charge in [0.1, 0.15) is 23.4 Å². The summed E-state index contributed by atoms with van der Waals surface area (Å²) in [4.78, 5) is 41.2. The highest BCUT2D eigenvalue weighted by Gasteiger charge is 2.18. The Balaban J connectivity index is 1.27. The molecule has 3 aromatic heterocycles. The summed E-state index contributed by atoms with van der Waals surface area (Å²) in [6, 6.07) is 9.64. The number of aryl methyl sites for hydroxylation is 1. The number of rotatable bonds is 8. The highest BCUT2D eigenvalue weighted by atomic mass is 32.1. The summed E-state index contributed by atoms with van der Waals surface area (Å²) in [5, 5.41) is 3.15. The van der Waals surface area contributed by atoms with Crippen molar-refractivity contribution in [1.29, 1.82) is 0 Å². The first-order valence-corrected chi connectivity index (χ1v) is 13.1. The lowest BCUT2D eigenvalue weighted by Gasteiger charge is -2.15. The molecule has 0 unspecified atom stereocenters. The molecule has 0 fully saturated rings. The van der Waals surface area contributed by atoms with E-state index in [1.165, 1.54) is 50.0 Å². The number of aromatic nitrogens is 4. The number of benzene rings is 2. The number of nitrogens with one attached hydrogen (secondary N) is 1. The number of nitrogens with zero attached hydrogens (tertiary/aromatic N) is 4. The van der Waals surface area contributed by atoms with E-state index in [1.807, 2.05) is 19.1 Å². The molecule has 0 aliphatic heterocycles. The molecule has 0 aliphatic carbocycles. The molecule has 0 saturated heterocycles. The van der Waals surface area contributed by atoms with Crippen LogP contribution in [0, 0.1) is 12.7 Å². The van der Waals surface area contributed by atoms with E-state index in [0.29, 0.717) is 37.8 Å². The molecular formula is C28H24FN5O6S. The molecule has 0 bridgehead atoms. The Morgan fingerprint density at radius 1 is 1.05 bits per heavy atom. The van der Waals surface area contributed by atoms with Crippen molar-refractivity contribution in [1.82, 2.24) is 19.9 Å². The molecule has 210 valence electrons. The lowest BCUT2D eigenvalue weighted by atomic mass is 10.1. The molecule has 0 aliphatic rings. The van der Waals surface area contributed by atoms with Gasteiger partial charge in [0.15, 0.2) is 11.6 Å². The Morgan fingerprint density at radius 3 is 2.61 bits per heavy atom. The van der Waals surface area contributed by atoms with E-state index in [-0.39, 0.29) is 18.1 Å². The van der Waals surface area contributed by atoms with Crippen LogP contribution in [-0.2, 0) is 9.47 Å². The van der Waals surface area contributed by atoms with E-state index in [4.69, 9.17) is 14.2 Å². The number of methoxy groups -OCH3 is 2. The average Bonchev–Trinajstić information content (AvgIpc) is 3.37. The smallest absolute Gasteiger partial charge is 0.411 e. The van der Waals surface area contributed by atoms with Gasteiger partial charge in [-0.05, 0) is 43.7 Å².